The molecule has 5 nitrogen and oxygen atoms in total. The van der Waals surface area contributed by atoms with Crippen molar-refractivity contribution < 1.29 is 14.0 Å². The van der Waals surface area contributed by atoms with Crippen molar-refractivity contribution in [3.05, 3.63) is 23.7 Å². The minimum Gasteiger partial charge on any atom is -0.463 e. The first kappa shape index (κ1) is 12.8. The third kappa shape index (κ3) is 2.61. The molecular formula is C13H18N2O3. The van der Waals surface area contributed by atoms with Crippen LogP contribution in [0.1, 0.15) is 38.2 Å². The van der Waals surface area contributed by atoms with Crippen LogP contribution < -0.4 is 5.73 Å². The average molecular weight is 250 g/mol. The summed E-state index contributed by atoms with van der Waals surface area (Å²) < 4.78 is 5.41. The number of rotatable bonds is 3. The molecule has 0 radical (unpaired) electrons. The smallest absolute Gasteiger partial charge is 0.230 e. The molecule has 0 bridgehead atoms. The molecule has 0 aromatic carbocycles. The Morgan fingerprint density at radius 3 is 2.28 bits per heavy atom. The Kier molecular flexibility index (Phi) is 3.26. The number of hydrogen-bond donors (Lipinski definition) is 1. The molecule has 1 aliphatic heterocycles. The van der Waals surface area contributed by atoms with Gasteiger partial charge in [0, 0.05) is 12.8 Å². The van der Waals surface area contributed by atoms with Crippen molar-refractivity contribution in [1.82, 2.24) is 4.90 Å². The predicted octanol–water partition coefficient (Wildman–Crippen LogP) is 1.41. The van der Waals surface area contributed by atoms with E-state index in [-0.39, 0.29) is 23.8 Å². The number of amides is 2. The molecule has 1 aromatic heterocycles. The molecule has 0 atom stereocenters. The minimum absolute atomic E-state index is 0.137. The van der Waals surface area contributed by atoms with Crippen LogP contribution in [0.3, 0.4) is 0 Å². The van der Waals surface area contributed by atoms with E-state index in [0.29, 0.717) is 30.9 Å². The molecule has 18 heavy (non-hydrogen) atoms. The van der Waals surface area contributed by atoms with Crippen LogP contribution in [0.15, 0.2) is 16.5 Å². The first-order valence-corrected chi connectivity index (χ1v) is 6.02. The summed E-state index contributed by atoms with van der Waals surface area (Å²) in [5, 5.41) is 0. The van der Waals surface area contributed by atoms with Crippen LogP contribution in [0.25, 0.3) is 0 Å². The van der Waals surface area contributed by atoms with Crippen LogP contribution in [0.5, 0.6) is 0 Å². The zero-order valence-corrected chi connectivity index (χ0v) is 10.7. The Balaban J connectivity index is 2.09. The number of furan rings is 1. The molecule has 1 aromatic rings. The van der Waals surface area contributed by atoms with E-state index in [4.69, 9.17) is 10.2 Å². The van der Waals surface area contributed by atoms with Crippen molar-refractivity contribution in [2.24, 2.45) is 11.1 Å². The highest BCUT2D eigenvalue weighted by molar-refractivity contribution is 5.98. The second kappa shape index (κ2) is 4.57. The largest absolute Gasteiger partial charge is 0.463 e. The fourth-order valence-electron chi connectivity index (χ4n) is 2.16. The monoisotopic (exact) mass is 250 g/mol. The van der Waals surface area contributed by atoms with E-state index in [1.165, 1.54) is 4.90 Å². The molecule has 0 unspecified atom stereocenters. The molecule has 1 fully saturated rings. The normalized spacial score (nSPS) is 19.4. The summed E-state index contributed by atoms with van der Waals surface area (Å²) in [7, 11) is 0. The standard InChI is InChI=1S/C13H18N2O3/c1-13(2)5-11(16)15(12(17)6-13)8-10-4-3-9(7-14)18-10/h3-4H,5-8,14H2,1-2H3. The minimum atomic E-state index is -0.240. The lowest BCUT2D eigenvalue weighted by molar-refractivity contribution is -0.153. The molecule has 1 aliphatic rings. The van der Waals surface area contributed by atoms with Crippen LogP contribution in [0, 0.1) is 5.41 Å². The van der Waals surface area contributed by atoms with Gasteiger partial charge in [0.25, 0.3) is 0 Å². The highest BCUT2D eigenvalue weighted by Gasteiger charge is 2.37. The summed E-state index contributed by atoms with van der Waals surface area (Å²) >= 11 is 0. The Hall–Kier alpha value is -1.62. The lowest BCUT2D eigenvalue weighted by Crippen LogP contribution is -2.45. The molecule has 2 amide bonds. The van der Waals surface area contributed by atoms with Crippen molar-refractivity contribution in [1.29, 1.82) is 0 Å². The SMILES string of the molecule is CC1(C)CC(=O)N(Cc2ccc(CN)o2)C(=O)C1. The number of likely N-dealkylation sites (tertiary alicyclic amines) is 1. The van der Waals surface area contributed by atoms with Crippen LogP contribution in [-0.4, -0.2) is 16.7 Å². The number of piperidine rings is 1. The first-order valence-electron chi connectivity index (χ1n) is 6.02. The summed E-state index contributed by atoms with van der Waals surface area (Å²) in [6.07, 6.45) is 0.784. The molecule has 2 N–H and O–H groups in total. The maximum atomic E-state index is 11.9. The second-order valence-electron chi connectivity index (χ2n) is 5.46. The lowest BCUT2D eigenvalue weighted by Gasteiger charge is -2.34. The number of hydrogen-bond acceptors (Lipinski definition) is 4. The first-order chi connectivity index (χ1) is 8.41. The van der Waals surface area contributed by atoms with Gasteiger partial charge in [-0.3, -0.25) is 14.5 Å². The maximum absolute atomic E-state index is 11.9. The summed E-state index contributed by atoms with van der Waals surface area (Å²) in [5.41, 5.74) is 5.21. The Bertz CT molecular complexity index is 456. The number of carbonyl (C=O) groups is 2. The van der Waals surface area contributed by atoms with E-state index in [1.807, 2.05) is 13.8 Å². The second-order valence-corrected chi connectivity index (χ2v) is 5.46. The van der Waals surface area contributed by atoms with Gasteiger partial charge >= 0.3 is 0 Å². The van der Waals surface area contributed by atoms with Crippen LogP contribution in [0.2, 0.25) is 0 Å². The van der Waals surface area contributed by atoms with Gasteiger partial charge < -0.3 is 10.2 Å². The lowest BCUT2D eigenvalue weighted by atomic mass is 9.82. The zero-order chi connectivity index (χ0) is 13.3. The molecule has 2 heterocycles. The summed E-state index contributed by atoms with van der Waals surface area (Å²) in [6, 6.07) is 3.51. The van der Waals surface area contributed by atoms with Crippen LogP contribution in [-0.2, 0) is 22.7 Å². The maximum Gasteiger partial charge on any atom is 0.230 e. The number of carbonyl (C=O) groups excluding carboxylic acids is 2. The van der Waals surface area contributed by atoms with Gasteiger partial charge in [0.05, 0.1) is 13.1 Å². The summed E-state index contributed by atoms with van der Waals surface area (Å²) in [5.74, 6) is 0.975. The van der Waals surface area contributed by atoms with Gasteiger partial charge in [-0.1, -0.05) is 13.8 Å². The quantitative estimate of drug-likeness (QED) is 0.823. The van der Waals surface area contributed by atoms with Crippen molar-refractivity contribution in [3.8, 4) is 0 Å². The van der Waals surface area contributed by atoms with Crippen molar-refractivity contribution in [2.75, 3.05) is 0 Å². The van der Waals surface area contributed by atoms with Gasteiger partial charge in [-0.15, -0.1) is 0 Å². The number of nitrogens with two attached hydrogens (primary N) is 1. The number of imide groups is 1. The highest BCUT2D eigenvalue weighted by Crippen LogP contribution is 2.32. The fraction of sp³-hybridized carbons (Fsp3) is 0.538. The van der Waals surface area contributed by atoms with Crippen molar-refractivity contribution in [2.45, 2.75) is 39.8 Å². The van der Waals surface area contributed by atoms with E-state index in [9.17, 15) is 9.59 Å². The highest BCUT2D eigenvalue weighted by atomic mass is 16.3. The Labute approximate surface area is 106 Å². The molecule has 0 spiro atoms. The predicted molar refractivity (Wildman–Crippen MR) is 65.2 cm³/mol. The van der Waals surface area contributed by atoms with Crippen molar-refractivity contribution in [3.63, 3.8) is 0 Å². The third-order valence-corrected chi connectivity index (χ3v) is 3.09. The van der Waals surface area contributed by atoms with E-state index < -0.39 is 0 Å². The molecule has 2 rings (SSSR count). The summed E-state index contributed by atoms with van der Waals surface area (Å²) in [6.45, 7) is 4.38. The van der Waals surface area contributed by atoms with Crippen molar-refractivity contribution >= 4 is 11.8 Å². The topological polar surface area (TPSA) is 76.5 Å². The zero-order valence-electron chi connectivity index (χ0n) is 10.7. The molecular weight excluding hydrogens is 232 g/mol. The van der Waals surface area contributed by atoms with E-state index >= 15 is 0 Å². The van der Waals surface area contributed by atoms with E-state index in [1.54, 1.807) is 12.1 Å². The van der Waals surface area contributed by atoms with Gasteiger partial charge in [0.15, 0.2) is 0 Å². The van der Waals surface area contributed by atoms with Gasteiger partial charge in [-0.25, -0.2) is 0 Å². The Morgan fingerprint density at radius 2 is 1.78 bits per heavy atom. The molecule has 1 saturated heterocycles. The van der Waals surface area contributed by atoms with E-state index in [2.05, 4.69) is 0 Å². The van der Waals surface area contributed by atoms with E-state index in [0.717, 1.165) is 0 Å². The fourth-order valence-corrected chi connectivity index (χ4v) is 2.16. The molecule has 0 aliphatic carbocycles. The summed E-state index contributed by atoms with van der Waals surface area (Å²) in [4.78, 5) is 25.1. The van der Waals surface area contributed by atoms with Crippen LogP contribution in [0.4, 0.5) is 0 Å². The third-order valence-electron chi connectivity index (χ3n) is 3.09. The van der Waals surface area contributed by atoms with Gasteiger partial charge in [0.2, 0.25) is 11.8 Å². The van der Waals surface area contributed by atoms with Gasteiger partial charge in [-0.2, -0.15) is 0 Å². The molecule has 5 heteroatoms. The Morgan fingerprint density at radius 1 is 1.22 bits per heavy atom. The number of nitrogens with zero attached hydrogens (tertiary/aromatic N) is 1. The molecule has 98 valence electrons. The van der Waals surface area contributed by atoms with Gasteiger partial charge in [0.1, 0.15) is 11.5 Å². The van der Waals surface area contributed by atoms with Gasteiger partial charge in [-0.05, 0) is 17.5 Å². The average Bonchev–Trinajstić information content (AvgIpc) is 2.70. The molecule has 0 saturated carbocycles. The van der Waals surface area contributed by atoms with Crippen LogP contribution >= 0.6 is 0 Å².